The summed E-state index contributed by atoms with van der Waals surface area (Å²) in [5.74, 6) is 0.0889. The second-order valence-electron chi connectivity index (χ2n) is 9.93. The minimum absolute atomic E-state index is 0.0121. The number of hydrogen-bond donors (Lipinski definition) is 3. The highest BCUT2D eigenvalue weighted by atomic mass is 19.4. The highest BCUT2D eigenvalue weighted by Crippen LogP contribution is 2.25. The van der Waals surface area contributed by atoms with Gasteiger partial charge < -0.3 is 21.1 Å². The molecule has 0 bridgehead atoms. The number of ether oxygens (including phenoxy) is 1. The van der Waals surface area contributed by atoms with Crippen molar-refractivity contribution in [1.29, 1.82) is 0 Å². The second-order valence-corrected chi connectivity index (χ2v) is 9.93. The van der Waals surface area contributed by atoms with Crippen LogP contribution in [0.5, 0.6) is 0 Å². The van der Waals surface area contributed by atoms with Gasteiger partial charge in [-0.2, -0.15) is 13.2 Å². The molecule has 2 unspecified atom stereocenters. The van der Waals surface area contributed by atoms with Crippen LogP contribution in [0.25, 0.3) is 6.08 Å². The minimum Gasteiger partial charge on any atom is -0.399 e. The van der Waals surface area contributed by atoms with Crippen LogP contribution in [0.3, 0.4) is 0 Å². The lowest BCUT2D eigenvalue weighted by Crippen LogP contribution is -2.39. The molecule has 1 aliphatic rings. The standard InChI is InChI=1S/C20H26N2O3.C9H11F3.C6H7N/c1-15(23)5-6-17-7-9-18(10-8-17)20(16(2)24)22-12-11-21-19-4-3-13-25-14-19;1-4-7(2)5-6-8(3)9(10,11)12;7-6-4-2-1-3-5-6/h3-10,19-22H,11-14H2,1-2H3;4-6H,3H2,1-2H3;1-5H,7H2/b6-5+;6-5-,7-4-;. The Morgan fingerprint density at radius 3 is 2.16 bits per heavy atom. The molecule has 0 aromatic heterocycles. The van der Waals surface area contributed by atoms with E-state index < -0.39 is 11.7 Å². The van der Waals surface area contributed by atoms with Crippen LogP contribution in [-0.4, -0.2) is 50.1 Å². The van der Waals surface area contributed by atoms with E-state index in [2.05, 4.69) is 23.3 Å². The number of Topliss-reactive ketones (excluding diaryl/α,β-unsaturated/α-hetero) is 1. The predicted octanol–water partition coefficient (Wildman–Crippen LogP) is 6.95. The van der Waals surface area contributed by atoms with Gasteiger partial charge in [0.2, 0.25) is 0 Å². The first-order valence-electron chi connectivity index (χ1n) is 14.2. The molecule has 0 spiro atoms. The summed E-state index contributed by atoms with van der Waals surface area (Å²) in [6.45, 7) is 12.3. The zero-order chi connectivity index (χ0) is 33.0. The summed E-state index contributed by atoms with van der Waals surface area (Å²) in [6.07, 6.45) is 7.18. The summed E-state index contributed by atoms with van der Waals surface area (Å²) in [4.78, 5) is 23.0. The summed E-state index contributed by atoms with van der Waals surface area (Å²) in [5.41, 5.74) is 7.99. The van der Waals surface area contributed by atoms with E-state index in [0.717, 1.165) is 35.0 Å². The van der Waals surface area contributed by atoms with Crippen LogP contribution in [0.1, 0.15) is 44.9 Å². The summed E-state index contributed by atoms with van der Waals surface area (Å²) >= 11 is 0. The van der Waals surface area contributed by atoms with Gasteiger partial charge in [0, 0.05) is 30.4 Å². The van der Waals surface area contributed by atoms with E-state index in [1.54, 1.807) is 32.9 Å². The van der Waals surface area contributed by atoms with E-state index >= 15 is 0 Å². The van der Waals surface area contributed by atoms with Gasteiger partial charge in [-0.05, 0) is 57.0 Å². The summed E-state index contributed by atoms with van der Waals surface area (Å²) in [6, 6.07) is 17.1. The molecule has 0 amide bonds. The lowest BCUT2D eigenvalue weighted by Gasteiger charge is -2.20. The van der Waals surface area contributed by atoms with Crippen molar-refractivity contribution in [3.8, 4) is 0 Å². The summed E-state index contributed by atoms with van der Waals surface area (Å²) in [5, 5.41) is 6.67. The van der Waals surface area contributed by atoms with E-state index in [1.807, 2.05) is 60.7 Å². The van der Waals surface area contributed by atoms with Gasteiger partial charge in [0.25, 0.3) is 0 Å². The van der Waals surface area contributed by atoms with Gasteiger partial charge in [-0.25, -0.2) is 0 Å². The zero-order valence-corrected chi connectivity index (χ0v) is 25.9. The van der Waals surface area contributed by atoms with E-state index in [0.29, 0.717) is 19.8 Å². The Bertz CT molecular complexity index is 1280. The number of allylic oxidation sites excluding steroid dienone is 6. The topological polar surface area (TPSA) is 93.5 Å². The molecular weight excluding hydrogens is 567 g/mol. The molecule has 0 saturated carbocycles. The number of para-hydroxylation sites is 1. The Balaban J connectivity index is 0.000000418. The highest BCUT2D eigenvalue weighted by molar-refractivity contribution is 5.91. The Morgan fingerprint density at radius 2 is 1.68 bits per heavy atom. The minimum atomic E-state index is -4.31. The normalized spacial score (nSPS) is 15.6. The molecule has 2 aromatic carbocycles. The first-order valence-corrected chi connectivity index (χ1v) is 14.2. The molecule has 238 valence electrons. The number of nitrogens with one attached hydrogen (secondary N) is 2. The molecule has 3 rings (SSSR count). The van der Waals surface area contributed by atoms with Gasteiger partial charge in [-0.3, -0.25) is 9.59 Å². The second kappa shape index (κ2) is 20.8. The monoisotopic (exact) mass is 611 g/mol. The van der Waals surface area contributed by atoms with Gasteiger partial charge in [0.15, 0.2) is 11.6 Å². The quantitative estimate of drug-likeness (QED) is 0.0838. The fourth-order valence-corrected chi connectivity index (χ4v) is 3.52. The zero-order valence-electron chi connectivity index (χ0n) is 25.9. The number of nitrogens with two attached hydrogens (primary N) is 1. The average molecular weight is 612 g/mol. The van der Waals surface area contributed by atoms with Crippen molar-refractivity contribution in [1.82, 2.24) is 10.6 Å². The number of alkyl halides is 3. The third-order valence-electron chi connectivity index (χ3n) is 6.11. The molecular formula is C35H44F3N3O3. The number of benzene rings is 2. The molecule has 9 heteroatoms. The highest BCUT2D eigenvalue weighted by Gasteiger charge is 2.29. The molecule has 0 radical (unpaired) electrons. The largest absolute Gasteiger partial charge is 0.415 e. The number of rotatable bonds is 11. The molecule has 4 N–H and O–H groups in total. The number of nitrogen functional groups attached to an aromatic ring is 1. The van der Waals surface area contributed by atoms with Crippen molar-refractivity contribution < 1.29 is 27.5 Å². The molecule has 2 aromatic rings. The van der Waals surface area contributed by atoms with Gasteiger partial charge in [-0.15, -0.1) is 0 Å². The fourth-order valence-electron chi connectivity index (χ4n) is 3.52. The Labute approximate surface area is 259 Å². The van der Waals surface area contributed by atoms with Crippen molar-refractivity contribution in [2.24, 2.45) is 0 Å². The number of carbonyl (C=O) groups excluding carboxylic acids is 2. The molecule has 0 aliphatic carbocycles. The van der Waals surface area contributed by atoms with Crippen molar-refractivity contribution in [3.63, 3.8) is 0 Å². The maximum Gasteiger partial charge on any atom is 0.415 e. The molecule has 1 heterocycles. The van der Waals surface area contributed by atoms with Crippen LogP contribution >= 0.6 is 0 Å². The van der Waals surface area contributed by atoms with Crippen LogP contribution in [0.4, 0.5) is 18.9 Å². The Kier molecular flexibility index (Phi) is 17.9. The number of ketones is 2. The molecule has 1 aliphatic heterocycles. The molecule has 44 heavy (non-hydrogen) atoms. The summed E-state index contributed by atoms with van der Waals surface area (Å²) in [7, 11) is 0. The smallest absolute Gasteiger partial charge is 0.399 e. The number of carbonyl (C=O) groups is 2. The fraction of sp³-hybridized carbons (Fsp3) is 0.314. The van der Waals surface area contributed by atoms with Crippen LogP contribution in [0, 0.1) is 0 Å². The van der Waals surface area contributed by atoms with Crippen LogP contribution in [0.15, 0.2) is 109 Å². The Hall–Kier alpha value is -4.05. The predicted molar refractivity (Wildman–Crippen MR) is 174 cm³/mol. The van der Waals surface area contributed by atoms with Crippen LogP contribution in [0.2, 0.25) is 0 Å². The summed E-state index contributed by atoms with van der Waals surface area (Å²) < 4.78 is 40.9. The van der Waals surface area contributed by atoms with Crippen molar-refractivity contribution >= 4 is 23.3 Å². The first kappa shape index (κ1) is 38.0. The van der Waals surface area contributed by atoms with E-state index in [1.165, 1.54) is 19.1 Å². The van der Waals surface area contributed by atoms with Crippen LogP contribution < -0.4 is 16.4 Å². The first-order chi connectivity index (χ1) is 20.8. The Morgan fingerprint density at radius 1 is 1.02 bits per heavy atom. The molecule has 0 fully saturated rings. The average Bonchev–Trinajstić information content (AvgIpc) is 3.00. The number of hydrogen-bond acceptors (Lipinski definition) is 6. The van der Waals surface area contributed by atoms with Gasteiger partial charge in [0.05, 0.1) is 19.3 Å². The third-order valence-corrected chi connectivity index (χ3v) is 6.11. The van der Waals surface area contributed by atoms with Crippen molar-refractivity contribution in [2.75, 3.05) is 32.0 Å². The molecule has 0 saturated heterocycles. The van der Waals surface area contributed by atoms with Crippen molar-refractivity contribution in [2.45, 2.75) is 46.0 Å². The van der Waals surface area contributed by atoms with Crippen molar-refractivity contribution in [3.05, 3.63) is 120 Å². The lowest BCUT2D eigenvalue weighted by molar-refractivity contribution is -0.119. The van der Waals surface area contributed by atoms with E-state index in [9.17, 15) is 22.8 Å². The van der Waals surface area contributed by atoms with Gasteiger partial charge >= 0.3 is 6.18 Å². The number of anilines is 1. The lowest BCUT2D eigenvalue weighted by atomic mass is 10.0. The molecule has 6 nitrogen and oxygen atoms in total. The van der Waals surface area contributed by atoms with Gasteiger partial charge in [0.1, 0.15) is 0 Å². The third kappa shape index (κ3) is 17.2. The number of halogens is 3. The van der Waals surface area contributed by atoms with E-state index in [-0.39, 0.29) is 23.7 Å². The maximum atomic E-state index is 12.0. The van der Waals surface area contributed by atoms with Gasteiger partial charge in [-0.1, -0.05) is 91.1 Å². The van der Waals surface area contributed by atoms with Crippen LogP contribution in [-0.2, 0) is 14.3 Å². The van der Waals surface area contributed by atoms with E-state index in [4.69, 9.17) is 10.5 Å². The SMILES string of the molecule is C=C(/C=C\C(C)=C/C)C(F)(F)F.CC(=O)/C=C/c1ccc(C(NCCNC2C=CCOC2)C(C)=O)cc1.Nc1ccccc1. The maximum absolute atomic E-state index is 12.0. The molecule has 2 atom stereocenters.